The fourth-order valence-electron chi connectivity index (χ4n) is 2.56. The molecule has 4 heteroatoms. The van der Waals surface area contributed by atoms with Gasteiger partial charge in [-0.2, -0.15) is 0 Å². The molecule has 0 saturated carbocycles. The van der Waals surface area contributed by atoms with Crippen molar-refractivity contribution in [3.8, 4) is 0 Å². The van der Waals surface area contributed by atoms with Crippen molar-refractivity contribution < 1.29 is 4.74 Å². The Morgan fingerprint density at radius 1 is 1.31 bits per heavy atom. The minimum atomic E-state index is -0.246. The Balaban J connectivity index is 2.30. The fraction of sp³-hybridized carbons (Fsp3) is 0.500. The molecule has 0 atom stereocenters. The molecule has 2 aliphatic heterocycles. The van der Waals surface area contributed by atoms with Crippen molar-refractivity contribution in [1.29, 1.82) is 0 Å². The van der Waals surface area contributed by atoms with E-state index in [0.717, 1.165) is 17.1 Å². The van der Waals surface area contributed by atoms with E-state index in [-0.39, 0.29) is 5.60 Å². The first-order valence-corrected chi connectivity index (χ1v) is 5.76. The highest BCUT2D eigenvalue weighted by atomic mass is 35.5. The number of pyridine rings is 1. The zero-order chi connectivity index (χ0) is 11.5. The third-order valence-electron chi connectivity index (χ3n) is 3.31. The molecule has 0 aromatic carbocycles. The Morgan fingerprint density at radius 2 is 2.06 bits per heavy atom. The number of hydrogen-bond donors (Lipinski definition) is 0. The summed E-state index contributed by atoms with van der Waals surface area (Å²) in [4.78, 5) is 8.76. The van der Waals surface area contributed by atoms with E-state index in [1.54, 1.807) is 0 Å². The maximum atomic E-state index is 5.99. The van der Waals surface area contributed by atoms with Crippen LogP contribution in [0.4, 0.5) is 5.82 Å². The lowest BCUT2D eigenvalue weighted by molar-refractivity contribution is -0.00827. The first kappa shape index (κ1) is 10.2. The second-order valence-electron chi connectivity index (χ2n) is 4.82. The second-order valence-corrected chi connectivity index (χ2v) is 5.25. The molecule has 0 saturated heterocycles. The molecule has 84 valence electrons. The Hall–Kier alpha value is -0.930. The summed E-state index contributed by atoms with van der Waals surface area (Å²) in [6.07, 6.45) is 0.694. The first-order chi connectivity index (χ1) is 7.49. The number of rotatable bonds is 0. The molecule has 0 fully saturated rings. The molecule has 3 nitrogen and oxygen atoms in total. The smallest absolute Gasteiger partial charge is 0.157 e. The lowest BCUT2D eigenvalue weighted by Crippen LogP contribution is -2.17. The van der Waals surface area contributed by atoms with Gasteiger partial charge in [-0.15, -0.1) is 0 Å². The van der Waals surface area contributed by atoms with Gasteiger partial charge in [-0.3, -0.25) is 0 Å². The molecule has 16 heavy (non-hydrogen) atoms. The summed E-state index contributed by atoms with van der Waals surface area (Å²) in [5, 5.41) is 0.623. The highest BCUT2D eigenvalue weighted by Crippen LogP contribution is 2.44. The number of fused-ring (bicyclic) bond motifs is 3. The number of ether oxygens (including phenoxy) is 1. The van der Waals surface area contributed by atoms with E-state index < -0.39 is 0 Å². The summed E-state index contributed by atoms with van der Waals surface area (Å²) in [6, 6.07) is 0. The molecule has 3 rings (SSSR count). The number of aromatic nitrogens is 1. The van der Waals surface area contributed by atoms with Crippen LogP contribution >= 0.6 is 11.6 Å². The highest BCUT2D eigenvalue weighted by Gasteiger charge is 2.37. The minimum absolute atomic E-state index is 0.246. The molecule has 0 spiro atoms. The van der Waals surface area contributed by atoms with Gasteiger partial charge in [0, 0.05) is 23.2 Å². The molecule has 3 heterocycles. The van der Waals surface area contributed by atoms with E-state index in [4.69, 9.17) is 16.3 Å². The summed E-state index contributed by atoms with van der Waals surface area (Å²) >= 11 is 5.99. The Labute approximate surface area is 99.5 Å². The zero-order valence-electron chi connectivity index (χ0n) is 9.59. The summed E-state index contributed by atoms with van der Waals surface area (Å²) in [5.74, 6) is 0.778. The Bertz CT molecular complexity index is 520. The van der Waals surface area contributed by atoms with Crippen LogP contribution in [0.3, 0.4) is 0 Å². The van der Waals surface area contributed by atoms with Gasteiger partial charge < -0.3 is 4.74 Å². The zero-order valence-corrected chi connectivity index (χ0v) is 10.4. The summed E-state index contributed by atoms with van der Waals surface area (Å²) < 4.78 is 5.82. The predicted molar refractivity (Wildman–Crippen MR) is 63.4 cm³/mol. The van der Waals surface area contributed by atoms with Gasteiger partial charge in [0.1, 0.15) is 5.17 Å². The molecular formula is C12H13ClN2O. The first-order valence-electron chi connectivity index (χ1n) is 5.39. The average Bonchev–Trinajstić information content (AvgIpc) is 2.66. The van der Waals surface area contributed by atoms with Crippen LogP contribution in [0.2, 0.25) is 0 Å². The molecule has 1 aromatic heterocycles. The van der Waals surface area contributed by atoms with Crippen molar-refractivity contribution in [3.05, 3.63) is 22.4 Å². The molecular weight excluding hydrogens is 224 g/mol. The molecule has 0 radical (unpaired) electrons. The monoisotopic (exact) mass is 236 g/mol. The van der Waals surface area contributed by atoms with Gasteiger partial charge >= 0.3 is 0 Å². The van der Waals surface area contributed by atoms with Crippen molar-refractivity contribution in [2.24, 2.45) is 4.99 Å². The van der Waals surface area contributed by atoms with Gasteiger partial charge in [-0.1, -0.05) is 11.6 Å². The van der Waals surface area contributed by atoms with Crippen molar-refractivity contribution in [1.82, 2.24) is 4.98 Å². The van der Waals surface area contributed by atoms with Crippen molar-refractivity contribution in [2.75, 3.05) is 0 Å². The summed E-state index contributed by atoms with van der Waals surface area (Å²) in [5.41, 5.74) is 4.37. The van der Waals surface area contributed by atoms with E-state index in [1.807, 2.05) is 6.92 Å². The molecule has 0 unspecified atom stereocenters. The van der Waals surface area contributed by atoms with Crippen LogP contribution in [0.5, 0.6) is 0 Å². The van der Waals surface area contributed by atoms with Gasteiger partial charge in [0.25, 0.3) is 0 Å². The molecule has 0 aliphatic carbocycles. The number of hydrogen-bond acceptors (Lipinski definition) is 3. The van der Waals surface area contributed by atoms with Crippen LogP contribution in [0.1, 0.15) is 36.2 Å². The van der Waals surface area contributed by atoms with Crippen LogP contribution in [0.15, 0.2) is 4.99 Å². The van der Waals surface area contributed by atoms with E-state index in [1.165, 1.54) is 11.1 Å². The van der Waals surface area contributed by atoms with Gasteiger partial charge in [0.2, 0.25) is 0 Å². The number of aryl methyl sites for hydroxylation is 1. The van der Waals surface area contributed by atoms with Gasteiger partial charge in [0.05, 0.1) is 12.2 Å². The topological polar surface area (TPSA) is 34.5 Å². The molecule has 2 aliphatic rings. The van der Waals surface area contributed by atoms with Crippen LogP contribution in [-0.4, -0.2) is 10.2 Å². The van der Waals surface area contributed by atoms with Gasteiger partial charge in [-0.25, -0.2) is 9.98 Å². The largest absolute Gasteiger partial charge is 0.366 e. The van der Waals surface area contributed by atoms with Crippen LogP contribution < -0.4 is 0 Å². The van der Waals surface area contributed by atoms with Crippen molar-refractivity contribution in [2.45, 2.75) is 39.4 Å². The third-order valence-corrected chi connectivity index (χ3v) is 3.53. The minimum Gasteiger partial charge on any atom is -0.366 e. The van der Waals surface area contributed by atoms with Crippen LogP contribution in [0.25, 0.3) is 0 Å². The predicted octanol–water partition coefficient (Wildman–Crippen LogP) is 2.98. The standard InChI is InChI=1S/C12H13ClN2O/c1-6-8-5-16-12(2,3)10(8)7-4-9(13)15-11(7)14-6/h4-5H2,1-3H3. The SMILES string of the molecule is Cc1nc2c(c3c1COC3(C)C)CC(Cl)=N2. The highest BCUT2D eigenvalue weighted by molar-refractivity contribution is 6.66. The van der Waals surface area contributed by atoms with Crippen molar-refractivity contribution >= 4 is 22.6 Å². The normalized spacial score (nSPS) is 20.6. The maximum absolute atomic E-state index is 5.99. The lowest BCUT2D eigenvalue weighted by atomic mass is 9.90. The maximum Gasteiger partial charge on any atom is 0.157 e. The average molecular weight is 237 g/mol. The van der Waals surface area contributed by atoms with Gasteiger partial charge in [-0.05, 0) is 26.3 Å². The third kappa shape index (κ3) is 1.25. The number of nitrogens with zero attached hydrogens (tertiary/aromatic N) is 2. The van der Waals surface area contributed by atoms with E-state index in [2.05, 4.69) is 23.8 Å². The van der Waals surface area contributed by atoms with Gasteiger partial charge in [0.15, 0.2) is 5.82 Å². The molecule has 0 amide bonds. The van der Waals surface area contributed by atoms with Crippen LogP contribution in [0, 0.1) is 6.92 Å². The van der Waals surface area contributed by atoms with E-state index in [0.29, 0.717) is 18.2 Å². The Kier molecular flexibility index (Phi) is 1.95. The Morgan fingerprint density at radius 3 is 2.81 bits per heavy atom. The van der Waals surface area contributed by atoms with Crippen molar-refractivity contribution in [3.63, 3.8) is 0 Å². The molecule has 1 aromatic rings. The molecule has 0 N–H and O–H groups in total. The summed E-state index contributed by atoms with van der Waals surface area (Å²) in [7, 11) is 0. The quantitative estimate of drug-likeness (QED) is 0.694. The fourth-order valence-corrected chi connectivity index (χ4v) is 2.77. The van der Waals surface area contributed by atoms with Crippen LogP contribution in [-0.2, 0) is 23.4 Å². The summed E-state index contributed by atoms with van der Waals surface area (Å²) in [6.45, 7) is 6.83. The number of halogens is 1. The lowest BCUT2D eigenvalue weighted by Gasteiger charge is -2.21. The molecule has 0 bridgehead atoms. The van der Waals surface area contributed by atoms with E-state index >= 15 is 0 Å². The van der Waals surface area contributed by atoms with E-state index in [9.17, 15) is 0 Å². The second kappa shape index (κ2) is 3.05. The number of aliphatic imine (C=N–C) groups is 1.